The van der Waals surface area contributed by atoms with E-state index in [1.54, 1.807) is 11.3 Å². The molecule has 2 aliphatic heterocycles. The van der Waals surface area contributed by atoms with Crippen LogP contribution in [0.3, 0.4) is 0 Å². The van der Waals surface area contributed by atoms with E-state index in [0.29, 0.717) is 37.3 Å². The normalized spacial score (nSPS) is 23.1. The molecule has 0 saturated carbocycles. The van der Waals surface area contributed by atoms with Crippen LogP contribution in [0.2, 0.25) is 0 Å². The first-order valence-electron chi connectivity index (χ1n) is 16.5. The highest BCUT2D eigenvalue weighted by atomic mass is 32.1. The van der Waals surface area contributed by atoms with Crippen molar-refractivity contribution in [2.24, 2.45) is 5.41 Å². The molecule has 0 spiro atoms. The van der Waals surface area contributed by atoms with Crippen molar-refractivity contribution < 1.29 is 24.2 Å². The molecule has 246 valence electrons. The minimum Gasteiger partial charge on any atom is -0.481 e. The summed E-state index contributed by atoms with van der Waals surface area (Å²) in [4.78, 5) is 30.6. The summed E-state index contributed by atoms with van der Waals surface area (Å²) in [6, 6.07) is 25.4. The Labute approximate surface area is 277 Å². The molecule has 0 amide bonds. The maximum absolute atomic E-state index is 13.2. The molecule has 3 unspecified atom stereocenters. The Bertz CT molecular complexity index is 1450. The highest BCUT2D eigenvalue weighted by molar-refractivity contribution is 7.12. The number of ether oxygens (including phenoxy) is 2. The van der Waals surface area contributed by atoms with Gasteiger partial charge in [0, 0.05) is 52.6 Å². The number of thiophene rings is 1. The number of likely N-dealkylation sites (tertiary alicyclic amines) is 1. The maximum atomic E-state index is 13.2. The first kappa shape index (κ1) is 33.9. The molecule has 3 aromatic rings. The second-order valence-electron chi connectivity index (χ2n) is 12.8. The summed E-state index contributed by atoms with van der Waals surface area (Å²) in [7, 11) is 1.35. The zero-order chi connectivity index (χ0) is 32.7. The number of carbonyl (C=O) groups is 2. The number of carboxylic acids is 1. The van der Waals surface area contributed by atoms with Gasteiger partial charge in [0.2, 0.25) is 0 Å². The number of esters is 1. The Kier molecular flexibility index (Phi) is 11.0. The summed E-state index contributed by atoms with van der Waals surface area (Å²) in [5.41, 5.74) is 2.68. The van der Waals surface area contributed by atoms with Gasteiger partial charge in [0.15, 0.2) is 0 Å². The Morgan fingerprint density at radius 2 is 1.54 bits per heavy atom. The fourth-order valence-electron chi connectivity index (χ4n) is 7.79. The number of aryl methyl sites for hydroxylation is 1. The summed E-state index contributed by atoms with van der Waals surface area (Å²) in [6.07, 6.45) is 4.04. The standard InChI is InChI=1S/C38H48N2O5S/c1-27-17-18-32(46-27)34-33(35(41)44-4)28(2)39-29(3)38(34,36(42)43)19-11-25-45-26-12-22-40-23-20-37(21-24-40,30-13-7-5-8-14-30)31-15-9-6-10-16-31/h5-10,13-18,29,34,39H,11-12,19-26H2,1-4H3,(H,42,43). The third-order valence-corrected chi connectivity index (χ3v) is 11.3. The van der Waals surface area contributed by atoms with Crippen molar-refractivity contribution >= 4 is 23.3 Å². The fraction of sp³-hybridized carbons (Fsp3) is 0.474. The van der Waals surface area contributed by atoms with Crippen LogP contribution in [0.4, 0.5) is 0 Å². The van der Waals surface area contributed by atoms with Crippen LogP contribution in [0.5, 0.6) is 0 Å². The van der Waals surface area contributed by atoms with E-state index in [9.17, 15) is 14.7 Å². The predicted octanol–water partition coefficient (Wildman–Crippen LogP) is 6.92. The number of methoxy groups -OCH3 is 1. The first-order chi connectivity index (χ1) is 22.2. The van der Waals surface area contributed by atoms with Gasteiger partial charge in [0.25, 0.3) is 0 Å². The third kappa shape index (κ3) is 6.80. The lowest BCUT2D eigenvalue weighted by atomic mass is 9.62. The first-order valence-corrected chi connectivity index (χ1v) is 17.3. The second-order valence-corrected chi connectivity index (χ2v) is 14.2. The molecule has 0 radical (unpaired) electrons. The van der Waals surface area contributed by atoms with Crippen LogP contribution >= 0.6 is 11.3 Å². The minimum absolute atomic E-state index is 0.0435. The Morgan fingerprint density at radius 1 is 0.935 bits per heavy atom. The van der Waals surface area contributed by atoms with Crippen molar-refractivity contribution in [3.63, 3.8) is 0 Å². The molecular weight excluding hydrogens is 596 g/mol. The second kappa shape index (κ2) is 15.0. The van der Waals surface area contributed by atoms with Gasteiger partial charge >= 0.3 is 11.9 Å². The number of hydrogen-bond donors (Lipinski definition) is 2. The van der Waals surface area contributed by atoms with Crippen molar-refractivity contribution in [3.8, 4) is 0 Å². The number of carbonyl (C=O) groups excluding carboxylic acids is 1. The Morgan fingerprint density at radius 3 is 2.09 bits per heavy atom. The highest BCUT2D eigenvalue weighted by Crippen LogP contribution is 2.52. The topological polar surface area (TPSA) is 88.1 Å². The van der Waals surface area contributed by atoms with Crippen LogP contribution in [0.1, 0.15) is 72.8 Å². The lowest BCUT2D eigenvalue weighted by Crippen LogP contribution is -2.56. The minimum atomic E-state index is -1.22. The molecule has 7 nitrogen and oxygen atoms in total. The molecular formula is C38H48N2O5S. The zero-order valence-electron chi connectivity index (χ0n) is 27.6. The maximum Gasteiger partial charge on any atom is 0.336 e. The van der Waals surface area contributed by atoms with Gasteiger partial charge in [-0.15, -0.1) is 11.3 Å². The van der Waals surface area contributed by atoms with Gasteiger partial charge in [-0.3, -0.25) is 4.79 Å². The molecule has 0 aliphatic carbocycles. The van der Waals surface area contributed by atoms with Crippen LogP contribution in [0.25, 0.3) is 0 Å². The van der Waals surface area contributed by atoms with E-state index >= 15 is 0 Å². The number of benzene rings is 2. The summed E-state index contributed by atoms with van der Waals surface area (Å²) >= 11 is 1.54. The van der Waals surface area contributed by atoms with Gasteiger partial charge in [-0.05, 0) is 89.2 Å². The van der Waals surface area contributed by atoms with Crippen molar-refractivity contribution in [1.29, 1.82) is 0 Å². The van der Waals surface area contributed by atoms with Crippen LogP contribution in [0.15, 0.2) is 84.1 Å². The van der Waals surface area contributed by atoms with Gasteiger partial charge < -0.3 is 24.8 Å². The quantitative estimate of drug-likeness (QED) is 0.154. The van der Waals surface area contributed by atoms with Crippen LogP contribution in [-0.4, -0.2) is 67.9 Å². The summed E-state index contributed by atoms with van der Waals surface area (Å²) in [5, 5.41) is 14.1. The number of hydrogen-bond acceptors (Lipinski definition) is 7. The number of nitrogens with zero attached hydrogens (tertiary/aromatic N) is 1. The zero-order valence-corrected chi connectivity index (χ0v) is 28.4. The van der Waals surface area contributed by atoms with E-state index in [2.05, 4.69) is 70.9 Å². The molecule has 5 rings (SSSR count). The van der Waals surface area contributed by atoms with E-state index in [4.69, 9.17) is 9.47 Å². The largest absolute Gasteiger partial charge is 0.481 e. The van der Waals surface area contributed by atoms with Gasteiger partial charge in [-0.25, -0.2) is 4.79 Å². The molecule has 1 saturated heterocycles. The molecule has 46 heavy (non-hydrogen) atoms. The van der Waals surface area contributed by atoms with Crippen LogP contribution < -0.4 is 5.32 Å². The number of aliphatic carboxylic acids is 1. The molecule has 8 heteroatoms. The number of rotatable bonds is 13. The number of piperidine rings is 1. The molecule has 1 fully saturated rings. The molecule has 2 aliphatic rings. The van der Waals surface area contributed by atoms with Crippen molar-refractivity contribution in [2.75, 3.05) is 40.0 Å². The lowest BCUT2D eigenvalue weighted by molar-refractivity contribution is -0.153. The molecule has 2 aromatic carbocycles. The average molecular weight is 645 g/mol. The lowest BCUT2D eigenvalue weighted by Gasteiger charge is -2.46. The van der Waals surface area contributed by atoms with Crippen LogP contribution in [0, 0.1) is 12.3 Å². The Hall–Kier alpha value is -3.46. The number of nitrogens with one attached hydrogen (secondary N) is 1. The predicted molar refractivity (Wildman–Crippen MR) is 183 cm³/mol. The molecule has 2 N–H and O–H groups in total. The summed E-state index contributed by atoms with van der Waals surface area (Å²) < 4.78 is 11.2. The van der Waals surface area contributed by atoms with Gasteiger partial charge in [0.1, 0.15) is 0 Å². The third-order valence-electron chi connectivity index (χ3n) is 10.3. The van der Waals surface area contributed by atoms with Gasteiger partial charge in [-0.1, -0.05) is 60.7 Å². The number of allylic oxidation sites excluding steroid dienone is 1. The van der Waals surface area contributed by atoms with Crippen molar-refractivity contribution in [1.82, 2.24) is 10.2 Å². The fourth-order valence-corrected chi connectivity index (χ4v) is 8.88. The molecule has 0 bridgehead atoms. The summed E-state index contributed by atoms with van der Waals surface area (Å²) in [5.74, 6) is -2.01. The Balaban J connectivity index is 1.16. The van der Waals surface area contributed by atoms with Crippen molar-refractivity contribution in [2.45, 2.75) is 70.3 Å². The van der Waals surface area contributed by atoms with E-state index in [-0.39, 0.29) is 11.5 Å². The van der Waals surface area contributed by atoms with Crippen LogP contribution in [-0.2, 0) is 24.5 Å². The van der Waals surface area contributed by atoms with E-state index < -0.39 is 23.3 Å². The monoisotopic (exact) mass is 644 g/mol. The SMILES string of the molecule is COC(=O)C1=C(C)NC(C)C(CCCOCCCN2CCC(c3ccccc3)(c3ccccc3)CC2)(C(=O)O)C1c1ccc(C)s1. The van der Waals surface area contributed by atoms with E-state index in [0.717, 1.165) is 48.7 Å². The molecule has 1 aromatic heterocycles. The van der Waals surface area contributed by atoms with E-state index in [1.807, 2.05) is 32.9 Å². The average Bonchev–Trinajstić information content (AvgIpc) is 3.51. The van der Waals surface area contributed by atoms with Gasteiger partial charge in [0.05, 0.1) is 18.1 Å². The molecule has 3 atom stereocenters. The summed E-state index contributed by atoms with van der Waals surface area (Å²) in [6.45, 7) is 9.89. The smallest absolute Gasteiger partial charge is 0.336 e. The molecule has 3 heterocycles. The highest BCUT2D eigenvalue weighted by Gasteiger charge is 2.56. The number of carboxylic acid groups (broad SMARTS) is 1. The van der Waals surface area contributed by atoms with Crippen molar-refractivity contribution in [3.05, 3.63) is 105 Å². The van der Waals surface area contributed by atoms with Gasteiger partial charge in [-0.2, -0.15) is 0 Å². The van der Waals surface area contributed by atoms with E-state index in [1.165, 1.54) is 18.2 Å².